The highest BCUT2D eigenvalue weighted by molar-refractivity contribution is 7.80. The average Bonchev–Trinajstić information content (AvgIpc) is 2.68. The van der Waals surface area contributed by atoms with Gasteiger partial charge in [0.1, 0.15) is 0 Å². The maximum Gasteiger partial charge on any atom is 0.0482 e. The second kappa shape index (κ2) is 7.65. The van der Waals surface area contributed by atoms with Crippen molar-refractivity contribution in [3.63, 3.8) is 0 Å². The van der Waals surface area contributed by atoms with Crippen LogP contribution in [0.1, 0.15) is 44.9 Å². The molecular weight excluding hydrogens is 258 g/mol. The van der Waals surface area contributed by atoms with Crippen LogP contribution in [-0.4, -0.2) is 15.3 Å². The van der Waals surface area contributed by atoms with Crippen molar-refractivity contribution in [1.29, 1.82) is 0 Å². The maximum absolute atomic E-state index is 11.4. The second-order valence-corrected chi connectivity index (χ2v) is 6.18. The highest BCUT2D eigenvalue weighted by Crippen LogP contribution is 2.26. The summed E-state index contributed by atoms with van der Waals surface area (Å²) in [4.78, 5) is 0. The summed E-state index contributed by atoms with van der Waals surface area (Å²) in [6, 6.07) is 9.36. The third kappa shape index (κ3) is 4.62. The van der Waals surface area contributed by atoms with E-state index in [1.54, 1.807) is 0 Å². The van der Waals surface area contributed by atoms with Crippen molar-refractivity contribution in [1.82, 2.24) is 0 Å². The molecule has 0 heterocycles. The first-order valence-corrected chi connectivity index (χ1v) is 8.22. The minimum Gasteiger partial charge on any atom is -0.755 e. The fourth-order valence-electron chi connectivity index (χ4n) is 2.84. The summed E-state index contributed by atoms with van der Waals surface area (Å²) >= 11 is -2.18. The van der Waals surface area contributed by atoms with E-state index in [4.69, 9.17) is 0 Å². The van der Waals surface area contributed by atoms with Crippen molar-refractivity contribution >= 4 is 17.0 Å². The van der Waals surface area contributed by atoms with E-state index in [1.807, 2.05) is 30.3 Å². The monoisotopic (exact) mass is 280 g/mol. The van der Waals surface area contributed by atoms with Gasteiger partial charge < -0.3 is 8.86 Å². The highest BCUT2D eigenvalue weighted by Gasteiger charge is 2.14. The van der Waals surface area contributed by atoms with Gasteiger partial charge in [0.25, 0.3) is 0 Å². The molecule has 19 heavy (non-hydrogen) atoms. The molecule has 0 radical (unpaired) electrons. The minimum atomic E-state index is -2.18. The Morgan fingerprint density at radius 2 is 1.74 bits per heavy atom. The van der Waals surface area contributed by atoms with E-state index in [-0.39, 0.29) is 0 Å². The van der Waals surface area contributed by atoms with Gasteiger partial charge in [-0.1, -0.05) is 56.7 Å². The molecule has 4 heteroatoms. The Morgan fingerprint density at radius 3 is 2.32 bits per heavy atom. The predicted octanol–water partition coefficient (Wildman–Crippen LogP) is 3.65. The van der Waals surface area contributed by atoms with Crippen molar-refractivity contribution in [3.05, 3.63) is 30.3 Å². The fourth-order valence-corrected chi connectivity index (χ4v) is 3.38. The summed E-state index contributed by atoms with van der Waals surface area (Å²) in [6.45, 7) is 0.602. The Balaban J connectivity index is 1.92. The van der Waals surface area contributed by atoms with Crippen molar-refractivity contribution < 1.29 is 8.76 Å². The van der Waals surface area contributed by atoms with E-state index < -0.39 is 11.3 Å². The standard InChI is InChI=1S/C15H23NO2S/c17-19(18)16(15-10-6-3-7-11-15)13-12-14-8-4-1-2-5-9-14/h3,6-7,10-11,14H,1-2,4-5,8-9,12-13H2,(H,17,18)/p-1. The number of para-hydroxylation sites is 1. The first-order valence-electron chi connectivity index (χ1n) is 7.19. The number of anilines is 1. The van der Waals surface area contributed by atoms with Crippen LogP contribution in [0.2, 0.25) is 0 Å². The third-order valence-electron chi connectivity index (χ3n) is 3.94. The largest absolute Gasteiger partial charge is 0.755 e. The molecule has 0 N–H and O–H groups in total. The van der Waals surface area contributed by atoms with Gasteiger partial charge in [0.2, 0.25) is 0 Å². The molecule has 1 fully saturated rings. The van der Waals surface area contributed by atoms with Gasteiger partial charge in [-0.3, -0.25) is 4.21 Å². The predicted molar refractivity (Wildman–Crippen MR) is 78.5 cm³/mol. The van der Waals surface area contributed by atoms with Crippen LogP contribution in [0.4, 0.5) is 5.69 Å². The van der Waals surface area contributed by atoms with Crippen LogP contribution in [-0.2, 0) is 11.3 Å². The SMILES string of the molecule is O=S([O-])N(CCC1CCCCCC1)c1ccccc1. The lowest BCUT2D eigenvalue weighted by Crippen LogP contribution is -2.27. The first-order chi connectivity index (χ1) is 9.27. The van der Waals surface area contributed by atoms with Crippen molar-refractivity contribution in [2.45, 2.75) is 44.9 Å². The number of nitrogens with zero attached hydrogens (tertiary/aromatic N) is 1. The van der Waals surface area contributed by atoms with Crippen LogP contribution in [0.5, 0.6) is 0 Å². The van der Waals surface area contributed by atoms with Crippen LogP contribution in [0, 0.1) is 5.92 Å². The molecule has 106 valence electrons. The van der Waals surface area contributed by atoms with E-state index in [2.05, 4.69) is 0 Å². The lowest BCUT2D eigenvalue weighted by atomic mass is 9.97. The summed E-state index contributed by atoms with van der Waals surface area (Å²) in [7, 11) is 0. The Morgan fingerprint density at radius 1 is 1.11 bits per heavy atom. The lowest BCUT2D eigenvalue weighted by molar-refractivity contribution is 0.432. The molecule has 0 bridgehead atoms. The van der Waals surface area contributed by atoms with Crippen LogP contribution in [0.15, 0.2) is 30.3 Å². The summed E-state index contributed by atoms with van der Waals surface area (Å²) < 4.78 is 24.2. The number of benzene rings is 1. The molecule has 1 aliphatic carbocycles. The van der Waals surface area contributed by atoms with E-state index >= 15 is 0 Å². The third-order valence-corrected chi connectivity index (χ3v) is 4.69. The van der Waals surface area contributed by atoms with Gasteiger partial charge in [-0.2, -0.15) is 0 Å². The average molecular weight is 280 g/mol. The van der Waals surface area contributed by atoms with Crippen LogP contribution in [0.25, 0.3) is 0 Å². The Labute approximate surface area is 118 Å². The molecule has 1 atom stereocenters. The highest BCUT2D eigenvalue weighted by atomic mass is 32.2. The normalized spacial score (nSPS) is 18.8. The van der Waals surface area contributed by atoms with Crippen molar-refractivity contribution in [2.75, 3.05) is 10.8 Å². The number of hydrogen-bond acceptors (Lipinski definition) is 2. The molecule has 3 nitrogen and oxygen atoms in total. The van der Waals surface area contributed by atoms with E-state index in [1.165, 1.54) is 42.8 Å². The van der Waals surface area contributed by atoms with Gasteiger partial charge >= 0.3 is 0 Å². The number of hydrogen-bond donors (Lipinski definition) is 0. The summed E-state index contributed by atoms with van der Waals surface area (Å²) in [5.41, 5.74) is 0.768. The van der Waals surface area contributed by atoms with Crippen molar-refractivity contribution in [2.24, 2.45) is 5.92 Å². The quantitative estimate of drug-likeness (QED) is 0.610. The topological polar surface area (TPSA) is 43.4 Å². The molecule has 1 saturated carbocycles. The molecule has 0 aromatic heterocycles. The van der Waals surface area contributed by atoms with Gasteiger partial charge in [0.15, 0.2) is 0 Å². The zero-order chi connectivity index (χ0) is 13.5. The molecule has 0 aliphatic heterocycles. The van der Waals surface area contributed by atoms with Crippen LogP contribution in [0.3, 0.4) is 0 Å². The molecule has 1 aromatic carbocycles. The van der Waals surface area contributed by atoms with Gasteiger partial charge in [-0.25, -0.2) is 0 Å². The zero-order valence-corrected chi connectivity index (χ0v) is 12.1. The molecule has 0 saturated heterocycles. The molecule has 1 aliphatic rings. The summed E-state index contributed by atoms with van der Waals surface area (Å²) in [6.07, 6.45) is 8.77. The Hall–Kier alpha value is -0.870. The smallest absolute Gasteiger partial charge is 0.0482 e. The molecule has 2 rings (SSSR count). The lowest BCUT2D eigenvalue weighted by Gasteiger charge is -2.28. The minimum absolute atomic E-state index is 0.602. The van der Waals surface area contributed by atoms with Gasteiger partial charge in [0.05, 0.1) is 0 Å². The Kier molecular flexibility index (Phi) is 5.86. The molecular formula is C15H22NO2S-. The van der Waals surface area contributed by atoms with Gasteiger partial charge in [-0.05, 0) is 24.5 Å². The van der Waals surface area contributed by atoms with Crippen LogP contribution >= 0.6 is 0 Å². The molecule has 0 spiro atoms. The number of rotatable bonds is 5. The van der Waals surface area contributed by atoms with E-state index in [0.717, 1.165) is 12.1 Å². The summed E-state index contributed by atoms with van der Waals surface area (Å²) in [5, 5.41) is 0. The molecule has 0 amide bonds. The summed E-state index contributed by atoms with van der Waals surface area (Å²) in [5.74, 6) is 0.692. The zero-order valence-electron chi connectivity index (χ0n) is 11.3. The van der Waals surface area contributed by atoms with E-state index in [0.29, 0.717) is 12.5 Å². The van der Waals surface area contributed by atoms with Crippen molar-refractivity contribution in [3.8, 4) is 0 Å². The van der Waals surface area contributed by atoms with Gasteiger partial charge in [0, 0.05) is 23.5 Å². The Bertz CT molecular complexity index is 388. The molecule has 1 aromatic rings. The fraction of sp³-hybridized carbons (Fsp3) is 0.600. The van der Waals surface area contributed by atoms with E-state index in [9.17, 15) is 8.76 Å². The maximum atomic E-state index is 11.4. The first kappa shape index (κ1) is 14.5. The second-order valence-electron chi connectivity index (χ2n) is 5.30. The van der Waals surface area contributed by atoms with Crippen LogP contribution < -0.4 is 4.31 Å². The molecule has 1 unspecified atom stereocenters. The van der Waals surface area contributed by atoms with Gasteiger partial charge in [-0.15, -0.1) is 0 Å².